The molecule has 0 aliphatic heterocycles. The third kappa shape index (κ3) is 1.75. The summed E-state index contributed by atoms with van der Waals surface area (Å²) >= 11 is 1.60. The predicted molar refractivity (Wildman–Crippen MR) is 61.9 cm³/mol. The van der Waals surface area contributed by atoms with E-state index in [4.69, 9.17) is 0 Å². The van der Waals surface area contributed by atoms with Crippen LogP contribution in [0.25, 0.3) is 0 Å². The molecule has 15 heavy (non-hydrogen) atoms. The van der Waals surface area contributed by atoms with Gasteiger partial charge in [0.1, 0.15) is 5.51 Å². The fourth-order valence-electron chi connectivity index (χ4n) is 3.44. The second-order valence-electron chi connectivity index (χ2n) is 5.02. The summed E-state index contributed by atoms with van der Waals surface area (Å²) < 4.78 is 0. The molecule has 2 bridgehead atoms. The van der Waals surface area contributed by atoms with Gasteiger partial charge >= 0.3 is 0 Å². The van der Waals surface area contributed by atoms with Crippen molar-refractivity contribution in [2.75, 3.05) is 5.32 Å². The van der Waals surface area contributed by atoms with Crippen molar-refractivity contribution in [3.63, 3.8) is 0 Å². The smallest absolute Gasteiger partial charge is 0.205 e. The van der Waals surface area contributed by atoms with Crippen molar-refractivity contribution in [2.45, 2.75) is 38.6 Å². The van der Waals surface area contributed by atoms with E-state index in [1.54, 1.807) is 16.8 Å². The van der Waals surface area contributed by atoms with E-state index in [9.17, 15) is 0 Å². The van der Waals surface area contributed by atoms with E-state index in [0.717, 1.165) is 22.9 Å². The molecule has 3 nitrogen and oxygen atoms in total. The molecule has 2 aliphatic rings. The minimum Gasteiger partial charge on any atom is -0.357 e. The second kappa shape index (κ2) is 3.74. The molecule has 0 amide bonds. The molecule has 4 atom stereocenters. The zero-order valence-corrected chi connectivity index (χ0v) is 9.83. The summed E-state index contributed by atoms with van der Waals surface area (Å²) in [6, 6.07) is 0.563. The normalized spacial score (nSPS) is 35.7. The van der Waals surface area contributed by atoms with Gasteiger partial charge in [0.2, 0.25) is 5.13 Å². The van der Waals surface area contributed by atoms with E-state index in [-0.39, 0.29) is 0 Å². The lowest BCUT2D eigenvalue weighted by Crippen LogP contribution is -2.29. The van der Waals surface area contributed by atoms with Crippen LogP contribution in [0.4, 0.5) is 5.13 Å². The van der Waals surface area contributed by atoms with Crippen LogP contribution < -0.4 is 5.32 Å². The molecular weight excluding hydrogens is 206 g/mol. The van der Waals surface area contributed by atoms with Crippen LogP contribution >= 0.6 is 11.3 Å². The molecular formula is C11H17N3S. The van der Waals surface area contributed by atoms with Crippen LogP contribution in [0.5, 0.6) is 0 Å². The first kappa shape index (κ1) is 9.58. The van der Waals surface area contributed by atoms with Gasteiger partial charge in [0, 0.05) is 6.04 Å². The van der Waals surface area contributed by atoms with Gasteiger partial charge in [-0.15, -0.1) is 10.2 Å². The average Bonchev–Trinajstić information content (AvgIpc) is 2.93. The number of nitrogens with one attached hydrogen (secondary N) is 1. The van der Waals surface area contributed by atoms with Crippen LogP contribution in [0.15, 0.2) is 5.51 Å². The van der Waals surface area contributed by atoms with Crippen LogP contribution in [0.2, 0.25) is 0 Å². The van der Waals surface area contributed by atoms with Gasteiger partial charge in [0.15, 0.2) is 0 Å². The fourth-order valence-corrected chi connectivity index (χ4v) is 3.99. The molecule has 1 aromatic heterocycles. The Morgan fingerprint density at radius 2 is 2.40 bits per heavy atom. The van der Waals surface area contributed by atoms with Crippen molar-refractivity contribution in [3.05, 3.63) is 5.51 Å². The lowest BCUT2D eigenvalue weighted by atomic mass is 9.84. The highest BCUT2D eigenvalue weighted by molar-refractivity contribution is 7.13. The largest absolute Gasteiger partial charge is 0.357 e. The Morgan fingerprint density at radius 1 is 1.47 bits per heavy atom. The number of hydrogen-bond donors (Lipinski definition) is 1. The maximum Gasteiger partial charge on any atom is 0.205 e. The predicted octanol–water partition coefficient (Wildman–Crippen LogP) is 2.77. The van der Waals surface area contributed by atoms with E-state index < -0.39 is 0 Å². The summed E-state index contributed by atoms with van der Waals surface area (Å²) in [5.41, 5.74) is 1.79. The Labute approximate surface area is 94.3 Å². The third-order valence-electron chi connectivity index (χ3n) is 4.15. The first-order valence-electron chi connectivity index (χ1n) is 5.85. The standard InChI is InChI=1S/C11H17N3S/c1-7(13-11-14-12-6-15-11)10-5-8-2-3-9(10)4-8/h6-10H,2-5H2,1H3,(H,13,14). The van der Waals surface area contributed by atoms with Crippen LogP contribution in [0.3, 0.4) is 0 Å². The van der Waals surface area contributed by atoms with Crippen molar-refractivity contribution in [3.8, 4) is 0 Å². The summed E-state index contributed by atoms with van der Waals surface area (Å²) in [5.74, 6) is 2.87. The zero-order chi connectivity index (χ0) is 10.3. The van der Waals surface area contributed by atoms with E-state index in [2.05, 4.69) is 22.4 Å². The lowest BCUT2D eigenvalue weighted by Gasteiger charge is -2.28. The summed E-state index contributed by atoms with van der Waals surface area (Å²) in [4.78, 5) is 0. The minimum absolute atomic E-state index is 0.563. The van der Waals surface area contributed by atoms with E-state index in [1.165, 1.54) is 25.7 Å². The van der Waals surface area contributed by atoms with Crippen molar-refractivity contribution in [1.29, 1.82) is 0 Å². The first-order valence-corrected chi connectivity index (χ1v) is 6.73. The van der Waals surface area contributed by atoms with Crippen LogP contribution in [-0.2, 0) is 0 Å². The SMILES string of the molecule is CC(Nc1nncs1)C1CC2CCC1C2. The molecule has 0 spiro atoms. The van der Waals surface area contributed by atoms with Crippen molar-refractivity contribution in [2.24, 2.45) is 17.8 Å². The van der Waals surface area contributed by atoms with Crippen LogP contribution in [0, 0.1) is 17.8 Å². The summed E-state index contributed by atoms with van der Waals surface area (Å²) in [6.45, 7) is 2.30. The highest BCUT2D eigenvalue weighted by atomic mass is 32.1. The number of rotatable bonds is 3. The Balaban J connectivity index is 1.63. The Kier molecular flexibility index (Phi) is 2.39. The Bertz CT molecular complexity index is 325. The molecule has 4 unspecified atom stereocenters. The quantitative estimate of drug-likeness (QED) is 0.856. The van der Waals surface area contributed by atoms with Gasteiger partial charge in [-0.05, 0) is 43.9 Å². The highest BCUT2D eigenvalue weighted by Gasteiger charge is 2.41. The molecule has 82 valence electrons. The Morgan fingerprint density at radius 3 is 3.00 bits per heavy atom. The number of anilines is 1. The molecule has 0 radical (unpaired) electrons. The van der Waals surface area contributed by atoms with Gasteiger partial charge in [0.25, 0.3) is 0 Å². The van der Waals surface area contributed by atoms with E-state index >= 15 is 0 Å². The highest BCUT2D eigenvalue weighted by Crippen LogP contribution is 2.49. The topological polar surface area (TPSA) is 37.8 Å². The molecule has 1 heterocycles. The van der Waals surface area contributed by atoms with Crippen molar-refractivity contribution < 1.29 is 0 Å². The Hall–Kier alpha value is -0.640. The van der Waals surface area contributed by atoms with Crippen molar-refractivity contribution in [1.82, 2.24) is 10.2 Å². The van der Waals surface area contributed by atoms with E-state index in [0.29, 0.717) is 6.04 Å². The van der Waals surface area contributed by atoms with Gasteiger partial charge < -0.3 is 5.32 Å². The maximum atomic E-state index is 4.05. The van der Waals surface area contributed by atoms with Crippen molar-refractivity contribution >= 4 is 16.5 Å². The molecule has 4 heteroatoms. The maximum absolute atomic E-state index is 4.05. The first-order chi connectivity index (χ1) is 7.33. The molecule has 1 aromatic rings. The summed E-state index contributed by atoms with van der Waals surface area (Å²) in [5, 5.41) is 12.4. The molecule has 1 N–H and O–H groups in total. The number of aromatic nitrogens is 2. The average molecular weight is 223 g/mol. The van der Waals surface area contributed by atoms with Gasteiger partial charge in [-0.3, -0.25) is 0 Å². The van der Waals surface area contributed by atoms with E-state index in [1.807, 2.05) is 0 Å². The molecule has 2 saturated carbocycles. The molecule has 2 aliphatic carbocycles. The summed E-state index contributed by atoms with van der Waals surface area (Å²) in [7, 11) is 0. The minimum atomic E-state index is 0.563. The second-order valence-corrected chi connectivity index (χ2v) is 5.85. The number of fused-ring (bicyclic) bond motifs is 2. The summed E-state index contributed by atoms with van der Waals surface area (Å²) in [6.07, 6.45) is 5.84. The van der Waals surface area contributed by atoms with Crippen LogP contribution in [0.1, 0.15) is 32.6 Å². The molecule has 0 saturated heterocycles. The number of nitrogens with zero attached hydrogens (tertiary/aromatic N) is 2. The molecule has 3 rings (SSSR count). The monoisotopic (exact) mass is 223 g/mol. The van der Waals surface area contributed by atoms with Crippen LogP contribution in [-0.4, -0.2) is 16.2 Å². The lowest BCUT2D eigenvalue weighted by molar-refractivity contribution is 0.304. The third-order valence-corrected chi connectivity index (χ3v) is 4.77. The number of hydrogen-bond acceptors (Lipinski definition) is 4. The fraction of sp³-hybridized carbons (Fsp3) is 0.818. The molecule has 0 aromatic carbocycles. The zero-order valence-electron chi connectivity index (χ0n) is 9.02. The van der Waals surface area contributed by atoms with Gasteiger partial charge in [-0.25, -0.2) is 0 Å². The molecule has 2 fully saturated rings. The van der Waals surface area contributed by atoms with Gasteiger partial charge in [-0.1, -0.05) is 17.8 Å². The van der Waals surface area contributed by atoms with Gasteiger partial charge in [-0.2, -0.15) is 0 Å². The van der Waals surface area contributed by atoms with Gasteiger partial charge in [0.05, 0.1) is 0 Å².